The van der Waals surface area contributed by atoms with Crippen molar-refractivity contribution in [1.29, 1.82) is 0 Å². The standard InChI is InChI=1S/C32H31N7O2/c1-19-6-10-23(11-7-19)38-18-26-29(35-38)21(3)33-34-30(26)31-36-39(24-12-8-20(2)9-13-24)32-25-17-28(41-5)27(40-4)16-22(25)14-15-37(31)32/h6-13,16-18,32H,14-15H2,1-5H3. The molecule has 2 aliphatic rings. The summed E-state index contributed by atoms with van der Waals surface area (Å²) in [5, 5.41) is 22.4. The van der Waals surface area contributed by atoms with Gasteiger partial charge in [0.1, 0.15) is 11.2 Å². The van der Waals surface area contributed by atoms with Crippen LogP contribution in [0, 0.1) is 20.8 Å². The fourth-order valence-electron chi connectivity index (χ4n) is 5.74. The molecule has 206 valence electrons. The molecule has 0 spiro atoms. The summed E-state index contributed by atoms with van der Waals surface area (Å²) in [7, 11) is 3.34. The maximum Gasteiger partial charge on any atom is 0.179 e. The van der Waals surface area contributed by atoms with Crippen molar-refractivity contribution < 1.29 is 9.47 Å². The Bertz CT molecular complexity index is 1810. The second kappa shape index (κ2) is 9.62. The number of aromatic nitrogens is 4. The van der Waals surface area contributed by atoms with Crippen LogP contribution in [0.3, 0.4) is 0 Å². The lowest BCUT2D eigenvalue weighted by Crippen LogP contribution is -2.41. The van der Waals surface area contributed by atoms with Gasteiger partial charge in [-0.05, 0) is 69.2 Å². The van der Waals surface area contributed by atoms with Crippen molar-refractivity contribution in [3.8, 4) is 17.2 Å². The fraction of sp³-hybridized carbons (Fsp3) is 0.250. The van der Waals surface area contributed by atoms with E-state index in [2.05, 4.69) is 89.5 Å². The number of anilines is 1. The van der Waals surface area contributed by atoms with Gasteiger partial charge in [-0.2, -0.15) is 10.2 Å². The van der Waals surface area contributed by atoms with Crippen LogP contribution in [-0.2, 0) is 6.42 Å². The molecule has 7 rings (SSSR count). The van der Waals surface area contributed by atoms with E-state index in [1.807, 2.05) is 17.8 Å². The third-order valence-corrected chi connectivity index (χ3v) is 7.97. The number of benzene rings is 3. The highest BCUT2D eigenvalue weighted by Gasteiger charge is 2.42. The lowest BCUT2D eigenvalue weighted by Gasteiger charge is -2.37. The van der Waals surface area contributed by atoms with E-state index in [1.165, 1.54) is 16.7 Å². The minimum Gasteiger partial charge on any atom is -0.493 e. The molecule has 9 heteroatoms. The van der Waals surface area contributed by atoms with Crippen LogP contribution in [-0.4, -0.2) is 51.5 Å². The molecule has 0 saturated carbocycles. The zero-order chi connectivity index (χ0) is 28.2. The van der Waals surface area contributed by atoms with Crippen molar-refractivity contribution >= 4 is 22.4 Å². The Kier molecular flexibility index (Phi) is 5.88. The number of hydrazone groups is 1. The second-order valence-electron chi connectivity index (χ2n) is 10.6. The van der Waals surface area contributed by atoms with Crippen LogP contribution < -0.4 is 14.5 Å². The van der Waals surface area contributed by atoms with Gasteiger partial charge in [-0.1, -0.05) is 35.4 Å². The quantitative estimate of drug-likeness (QED) is 0.289. The SMILES string of the molecule is COc1cc2c(cc1OC)C1N(CC2)C(c2nnc(C)c3nn(-c4ccc(C)cc4)cc23)=NN1c1ccc(C)cc1. The molecular formula is C32H31N7O2. The first-order chi connectivity index (χ1) is 19.9. The van der Waals surface area contributed by atoms with Crippen molar-refractivity contribution in [2.75, 3.05) is 25.8 Å². The number of methoxy groups -OCH3 is 2. The smallest absolute Gasteiger partial charge is 0.179 e. The monoisotopic (exact) mass is 545 g/mol. The molecule has 2 aromatic heterocycles. The van der Waals surface area contributed by atoms with Crippen molar-refractivity contribution in [2.45, 2.75) is 33.4 Å². The van der Waals surface area contributed by atoms with Crippen LogP contribution in [0.15, 0.2) is 72.0 Å². The zero-order valence-electron chi connectivity index (χ0n) is 23.8. The Morgan fingerprint density at radius 3 is 2.15 bits per heavy atom. The molecular weight excluding hydrogens is 514 g/mol. The molecule has 5 aromatic rings. The van der Waals surface area contributed by atoms with E-state index in [1.54, 1.807) is 14.2 Å². The van der Waals surface area contributed by atoms with Crippen molar-refractivity contribution in [3.05, 3.63) is 101 Å². The highest BCUT2D eigenvalue weighted by Crippen LogP contribution is 2.45. The third kappa shape index (κ3) is 4.07. The summed E-state index contributed by atoms with van der Waals surface area (Å²) >= 11 is 0. The van der Waals surface area contributed by atoms with Crippen LogP contribution in [0.5, 0.6) is 11.5 Å². The summed E-state index contributed by atoms with van der Waals surface area (Å²) < 4.78 is 13.2. The number of hydrogen-bond donors (Lipinski definition) is 0. The first kappa shape index (κ1) is 25.1. The Balaban J connectivity index is 1.40. The minimum absolute atomic E-state index is 0.179. The fourth-order valence-corrected chi connectivity index (χ4v) is 5.74. The molecule has 9 nitrogen and oxygen atoms in total. The molecule has 0 radical (unpaired) electrons. The Morgan fingerprint density at radius 2 is 1.46 bits per heavy atom. The van der Waals surface area contributed by atoms with Gasteiger partial charge >= 0.3 is 0 Å². The highest BCUT2D eigenvalue weighted by atomic mass is 16.5. The van der Waals surface area contributed by atoms with E-state index in [4.69, 9.17) is 24.8 Å². The summed E-state index contributed by atoms with van der Waals surface area (Å²) in [6, 6.07) is 20.9. The maximum absolute atomic E-state index is 5.71. The molecule has 0 aliphatic carbocycles. The summed E-state index contributed by atoms with van der Waals surface area (Å²) in [6.45, 7) is 6.88. The molecule has 2 aliphatic heterocycles. The Morgan fingerprint density at radius 1 is 0.805 bits per heavy atom. The molecule has 0 fully saturated rings. The second-order valence-corrected chi connectivity index (χ2v) is 10.6. The van der Waals surface area contributed by atoms with E-state index >= 15 is 0 Å². The van der Waals surface area contributed by atoms with E-state index in [0.29, 0.717) is 11.4 Å². The predicted molar refractivity (Wildman–Crippen MR) is 159 cm³/mol. The lowest BCUT2D eigenvalue weighted by molar-refractivity contribution is 0.311. The Hall–Kier alpha value is -4.92. The minimum atomic E-state index is -0.179. The third-order valence-electron chi connectivity index (χ3n) is 7.97. The van der Waals surface area contributed by atoms with E-state index in [-0.39, 0.29) is 6.17 Å². The summed E-state index contributed by atoms with van der Waals surface area (Å²) in [6.07, 6.45) is 2.69. The number of ether oxygens (including phenoxy) is 2. The Labute approximate surface area is 238 Å². The van der Waals surface area contributed by atoms with Gasteiger partial charge in [-0.25, -0.2) is 9.69 Å². The van der Waals surface area contributed by atoms with E-state index < -0.39 is 0 Å². The predicted octanol–water partition coefficient (Wildman–Crippen LogP) is 5.50. The average Bonchev–Trinajstić information content (AvgIpc) is 3.61. The van der Waals surface area contributed by atoms with Crippen molar-refractivity contribution in [3.63, 3.8) is 0 Å². The summed E-state index contributed by atoms with van der Waals surface area (Å²) in [5.74, 6) is 2.20. The molecule has 0 amide bonds. The average molecular weight is 546 g/mol. The van der Waals surface area contributed by atoms with Crippen LogP contribution in [0.4, 0.5) is 5.69 Å². The maximum atomic E-state index is 5.71. The van der Waals surface area contributed by atoms with Gasteiger partial charge in [0.05, 0.1) is 36.7 Å². The molecule has 4 heterocycles. The van der Waals surface area contributed by atoms with Gasteiger partial charge in [0.25, 0.3) is 0 Å². The number of aryl methyl sites for hydroxylation is 3. The van der Waals surface area contributed by atoms with Crippen molar-refractivity contribution in [1.82, 2.24) is 24.9 Å². The molecule has 3 aromatic carbocycles. The number of rotatable bonds is 5. The number of amidine groups is 1. The molecule has 0 saturated heterocycles. The summed E-state index contributed by atoms with van der Waals surface area (Å²) in [5.41, 5.74) is 9.02. The normalized spacial score (nSPS) is 16.0. The van der Waals surface area contributed by atoms with Gasteiger partial charge in [0, 0.05) is 18.3 Å². The number of fused-ring (bicyclic) bond motifs is 4. The molecule has 1 unspecified atom stereocenters. The van der Waals surface area contributed by atoms with Crippen LogP contribution in [0.1, 0.15) is 39.8 Å². The first-order valence-electron chi connectivity index (χ1n) is 13.7. The van der Waals surface area contributed by atoms with Gasteiger partial charge in [-0.15, -0.1) is 10.2 Å². The van der Waals surface area contributed by atoms with Gasteiger partial charge in [0.15, 0.2) is 23.5 Å². The van der Waals surface area contributed by atoms with Crippen LogP contribution in [0.2, 0.25) is 0 Å². The molecule has 1 atom stereocenters. The van der Waals surface area contributed by atoms with E-state index in [9.17, 15) is 0 Å². The van der Waals surface area contributed by atoms with Gasteiger partial charge in [0.2, 0.25) is 0 Å². The van der Waals surface area contributed by atoms with Gasteiger partial charge < -0.3 is 14.4 Å². The lowest BCUT2D eigenvalue weighted by atomic mass is 9.95. The molecule has 0 N–H and O–H groups in total. The molecule has 0 bridgehead atoms. The van der Waals surface area contributed by atoms with E-state index in [0.717, 1.165) is 58.1 Å². The van der Waals surface area contributed by atoms with Gasteiger partial charge in [-0.3, -0.25) is 0 Å². The first-order valence-corrected chi connectivity index (χ1v) is 13.7. The number of hydrogen-bond acceptors (Lipinski definition) is 8. The van der Waals surface area contributed by atoms with Crippen molar-refractivity contribution in [2.24, 2.45) is 5.10 Å². The molecule has 41 heavy (non-hydrogen) atoms. The largest absolute Gasteiger partial charge is 0.493 e. The zero-order valence-corrected chi connectivity index (χ0v) is 23.8. The summed E-state index contributed by atoms with van der Waals surface area (Å²) in [4.78, 5) is 2.32. The topological polar surface area (TPSA) is 80.9 Å². The highest BCUT2D eigenvalue weighted by molar-refractivity contribution is 6.09. The van der Waals surface area contributed by atoms with Crippen LogP contribution in [0.25, 0.3) is 16.6 Å². The van der Waals surface area contributed by atoms with Crippen LogP contribution >= 0.6 is 0 Å². The number of nitrogens with zero attached hydrogens (tertiary/aromatic N) is 7.